The minimum Gasteiger partial charge on any atom is -0.352 e. The highest BCUT2D eigenvalue weighted by molar-refractivity contribution is 5.81. The summed E-state index contributed by atoms with van der Waals surface area (Å²) < 4.78 is 1.85. The lowest BCUT2D eigenvalue weighted by Gasteiger charge is -2.12. The van der Waals surface area contributed by atoms with Crippen LogP contribution in [0.4, 0.5) is 0 Å². The van der Waals surface area contributed by atoms with Gasteiger partial charge in [-0.15, -0.1) is 0 Å². The van der Waals surface area contributed by atoms with Crippen molar-refractivity contribution in [2.75, 3.05) is 0 Å². The van der Waals surface area contributed by atoms with Crippen molar-refractivity contribution >= 4 is 5.91 Å². The van der Waals surface area contributed by atoms with E-state index in [1.807, 2.05) is 60.9 Å². The molecule has 1 heterocycles. The Morgan fingerprint density at radius 3 is 2.42 bits per heavy atom. The Labute approximate surface area is 152 Å². The van der Waals surface area contributed by atoms with Gasteiger partial charge >= 0.3 is 0 Å². The summed E-state index contributed by atoms with van der Waals surface area (Å²) in [6.07, 6.45) is 1.69. The van der Waals surface area contributed by atoms with Gasteiger partial charge in [0.2, 0.25) is 5.91 Å². The van der Waals surface area contributed by atoms with E-state index in [1.54, 1.807) is 18.5 Å². The summed E-state index contributed by atoms with van der Waals surface area (Å²) in [5.41, 5.74) is 4.17. The van der Waals surface area contributed by atoms with Gasteiger partial charge in [0.25, 0.3) is 0 Å². The van der Waals surface area contributed by atoms with E-state index in [0.29, 0.717) is 5.56 Å². The molecule has 0 unspecified atom stereocenters. The number of imidazole rings is 1. The first kappa shape index (κ1) is 17.4. The lowest BCUT2D eigenvalue weighted by atomic mass is 10.0. The molecule has 0 fully saturated rings. The van der Waals surface area contributed by atoms with E-state index in [-0.39, 0.29) is 18.5 Å². The lowest BCUT2D eigenvalue weighted by molar-refractivity contribution is -0.122. The maximum atomic E-state index is 12.2. The second-order valence-corrected chi connectivity index (χ2v) is 6.35. The first-order valence-corrected chi connectivity index (χ1v) is 8.49. The Morgan fingerprint density at radius 1 is 1.12 bits per heavy atom. The molecule has 0 aliphatic heterocycles. The molecule has 3 rings (SSSR count). The van der Waals surface area contributed by atoms with Gasteiger partial charge in [-0.1, -0.05) is 42.5 Å². The predicted molar refractivity (Wildman–Crippen MR) is 101 cm³/mol. The van der Waals surface area contributed by atoms with Crippen molar-refractivity contribution in [3.8, 4) is 28.6 Å². The molecule has 1 N–H and O–H groups in total. The zero-order valence-electron chi connectivity index (χ0n) is 14.8. The van der Waals surface area contributed by atoms with Crippen molar-refractivity contribution in [3.63, 3.8) is 0 Å². The fraction of sp³-hybridized carbons (Fsp3) is 0.190. The van der Waals surface area contributed by atoms with Crippen LogP contribution in [0.15, 0.2) is 60.9 Å². The monoisotopic (exact) mass is 344 g/mol. The molecule has 1 aromatic heterocycles. The number of carbonyl (C=O) groups is 1. The summed E-state index contributed by atoms with van der Waals surface area (Å²) in [4.78, 5) is 16.8. The van der Waals surface area contributed by atoms with E-state index in [4.69, 9.17) is 5.26 Å². The molecule has 0 spiro atoms. The molecule has 5 heteroatoms. The van der Waals surface area contributed by atoms with Crippen LogP contribution in [-0.2, 0) is 11.3 Å². The number of nitrogens with zero attached hydrogens (tertiary/aromatic N) is 3. The molecule has 0 atom stereocenters. The average Bonchev–Trinajstić information content (AvgIpc) is 3.05. The van der Waals surface area contributed by atoms with E-state index in [1.165, 1.54) is 0 Å². The average molecular weight is 344 g/mol. The first-order chi connectivity index (χ1) is 12.6. The number of nitrogens with one attached hydrogen (secondary N) is 1. The van der Waals surface area contributed by atoms with Crippen LogP contribution in [0.1, 0.15) is 19.4 Å². The summed E-state index contributed by atoms with van der Waals surface area (Å²) in [6.45, 7) is 4.05. The maximum absolute atomic E-state index is 12.2. The molecular formula is C21H20N4O. The fourth-order valence-electron chi connectivity index (χ4n) is 2.84. The SMILES string of the molecule is CC(C)NC(=O)Cn1cnc(-c2ccccc2)c1-c1ccc(C#N)cc1. The Bertz CT molecular complexity index is 934. The van der Waals surface area contributed by atoms with Crippen molar-refractivity contribution in [1.82, 2.24) is 14.9 Å². The van der Waals surface area contributed by atoms with Crippen LogP contribution < -0.4 is 5.32 Å². The molecule has 0 bridgehead atoms. The van der Waals surface area contributed by atoms with E-state index in [9.17, 15) is 4.79 Å². The first-order valence-electron chi connectivity index (χ1n) is 8.49. The molecular weight excluding hydrogens is 324 g/mol. The van der Waals surface area contributed by atoms with Crippen LogP contribution in [0.3, 0.4) is 0 Å². The third kappa shape index (κ3) is 3.81. The van der Waals surface area contributed by atoms with Gasteiger partial charge in [-0.25, -0.2) is 4.98 Å². The molecule has 0 radical (unpaired) electrons. The molecule has 0 saturated heterocycles. The van der Waals surface area contributed by atoms with Crippen LogP contribution in [0, 0.1) is 11.3 Å². The number of carbonyl (C=O) groups excluding carboxylic acids is 1. The van der Waals surface area contributed by atoms with Gasteiger partial charge in [-0.3, -0.25) is 4.79 Å². The molecule has 0 aliphatic rings. The second kappa shape index (κ2) is 7.66. The fourth-order valence-corrected chi connectivity index (χ4v) is 2.84. The summed E-state index contributed by atoms with van der Waals surface area (Å²) in [7, 11) is 0. The number of nitriles is 1. The Balaban J connectivity index is 2.06. The molecule has 0 saturated carbocycles. The highest BCUT2D eigenvalue weighted by Gasteiger charge is 2.17. The van der Waals surface area contributed by atoms with E-state index >= 15 is 0 Å². The Hall–Kier alpha value is -3.39. The molecule has 26 heavy (non-hydrogen) atoms. The second-order valence-electron chi connectivity index (χ2n) is 6.35. The zero-order valence-corrected chi connectivity index (χ0v) is 14.8. The van der Waals surface area contributed by atoms with Crippen molar-refractivity contribution < 1.29 is 4.79 Å². The van der Waals surface area contributed by atoms with Crippen LogP contribution in [0.25, 0.3) is 22.5 Å². The molecule has 130 valence electrons. The van der Waals surface area contributed by atoms with Crippen LogP contribution >= 0.6 is 0 Å². The quantitative estimate of drug-likeness (QED) is 0.768. The van der Waals surface area contributed by atoms with Crippen molar-refractivity contribution in [3.05, 3.63) is 66.5 Å². The molecule has 3 aromatic rings. The van der Waals surface area contributed by atoms with Gasteiger partial charge in [0.15, 0.2) is 0 Å². The number of hydrogen-bond donors (Lipinski definition) is 1. The lowest BCUT2D eigenvalue weighted by Crippen LogP contribution is -2.33. The van der Waals surface area contributed by atoms with Crippen molar-refractivity contribution in [1.29, 1.82) is 5.26 Å². The van der Waals surface area contributed by atoms with Crippen molar-refractivity contribution in [2.24, 2.45) is 0 Å². The Morgan fingerprint density at radius 2 is 1.81 bits per heavy atom. The van der Waals surface area contributed by atoms with Crippen LogP contribution in [0.5, 0.6) is 0 Å². The highest BCUT2D eigenvalue weighted by Crippen LogP contribution is 2.31. The summed E-state index contributed by atoms with van der Waals surface area (Å²) in [5.74, 6) is -0.0630. The summed E-state index contributed by atoms with van der Waals surface area (Å²) in [6, 6.07) is 19.4. The third-order valence-electron chi connectivity index (χ3n) is 3.94. The van der Waals surface area contributed by atoms with Gasteiger partial charge < -0.3 is 9.88 Å². The maximum Gasteiger partial charge on any atom is 0.240 e. The number of hydrogen-bond acceptors (Lipinski definition) is 3. The third-order valence-corrected chi connectivity index (χ3v) is 3.94. The standard InChI is InChI=1S/C21H20N4O/c1-15(2)24-19(26)13-25-14-23-20(17-6-4-3-5-7-17)21(25)18-10-8-16(12-22)9-11-18/h3-11,14-15H,13H2,1-2H3,(H,24,26). The minimum absolute atomic E-state index is 0.0630. The molecule has 2 aromatic carbocycles. The molecule has 1 amide bonds. The molecule has 5 nitrogen and oxygen atoms in total. The van der Waals surface area contributed by atoms with Gasteiger partial charge in [0.05, 0.1) is 29.3 Å². The smallest absolute Gasteiger partial charge is 0.240 e. The molecule has 0 aliphatic carbocycles. The number of aromatic nitrogens is 2. The van der Waals surface area contributed by atoms with E-state index in [2.05, 4.69) is 16.4 Å². The summed E-state index contributed by atoms with van der Waals surface area (Å²) in [5, 5.41) is 11.9. The van der Waals surface area contributed by atoms with E-state index < -0.39 is 0 Å². The van der Waals surface area contributed by atoms with Crippen LogP contribution in [-0.4, -0.2) is 21.5 Å². The topological polar surface area (TPSA) is 70.7 Å². The van der Waals surface area contributed by atoms with Gasteiger partial charge in [0, 0.05) is 17.2 Å². The predicted octanol–water partition coefficient (Wildman–Crippen LogP) is 3.61. The Kier molecular flexibility index (Phi) is 5.14. The number of amides is 1. The number of benzene rings is 2. The largest absolute Gasteiger partial charge is 0.352 e. The normalized spacial score (nSPS) is 10.5. The summed E-state index contributed by atoms with van der Waals surface area (Å²) >= 11 is 0. The highest BCUT2D eigenvalue weighted by atomic mass is 16.2. The van der Waals surface area contributed by atoms with Gasteiger partial charge in [-0.2, -0.15) is 5.26 Å². The zero-order chi connectivity index (χ0) is 18.5. The van der Waals surface area contributed by atoms with Crippen LogP contribution in [0.2, 0.25) is 0 Å². The van der Waals surface area contributed by atoms with E-state index in [0.717, 1.165) is 22.5 Å². The minimum atomic E-state index is -0.0630. The van der Waals surface area contributed by atoms with Gasteiger partial charge in [-0.05, 0) is 26.0 Å². The van der Waals surface area contributed by atoms with Gasteiger partial charge in [0.1, 0.15) is 6.54 Å². The number of rotatable bonds is 5. The van der Waals surface area contributed by atoms with Crippen molar-refractivity contribution in [2.45, 2.75) is 26.4 Å².